The van der Waals surface area contributed by atoms with Gasteiger partial charge in [0.05, 0.1) is 0 Å². The maximum absolute atomic E-state index is 12.5. The van der Waals surface area contributed by atoms with E-state index in [4.69, 9.17) is 5.73 Å². The van der Waals surface area contributed by atoms with E-state index in [1.165, 1.54) is 12.6 Å². The zero-order valence-corrected chi connectivity index (χ0v) is 11.7. The Balaban J connectivity index is 2.06. The third-order valence-electron chi connectivity index (χ3n) is 4.00. The largest absolute Gasteiger partial charge is 0.443 e. The summed E-state index contributed by atoms with van der Waals surface area (Å²) < 4.78 is 37.6. The standard InChI is InChI=1S/C13H19F3N2S/c1-2-8-4-3-5-9(6-8)11(17)10-7-18-12(19-10)13(14,15)16/h7-9,11H,2-6,17H2,1H3. The van der Waals surface area contributed by atoms with Gasteiger partial charge >= 0.3 is 6.18 Å². The van der Waals surface area contributed by atoms with Gasteiger partial charge in [0, 0.05) is 17.1 Å². The van der Waals surface area contributed by atoms with Crippen LogP contribution >= 0.6 is 11.3 Å². The van der Waals surface area contributed by atoms with Crippen molar-refractivity contribution in [1.82, 2.24) is 4.98 Å². The van der Waals surface area contributed by atoms with Crippen LogP contribution in [0, 0.1) is 11.8 Å². The average Bonchev–Trinajstić information content (AvgIpc) is 2.87. The molecule has 6 heteroatoms. The molecule has 1 saturated carbocycles. The van der Waals surface area contributed by atoms with Crippen LogP contribution in [0.25, 0.3) is 0 Å². The summed E-state index contributed by atoms with van der Waals surface area (Å²) in [5, 5.41) is -0.791. The molecule has 19 heavy (non-hydrogen) atoms. The molecule has 1 aliphatic rings. The van der Waals surface area contributed by atoms with Gasteiger partial charge in [0.2, 0.25) is 0 Å². The SMILES string of the molecule is CCC1CCCC(C(N)c2cnc(C(F)(F)F)s2)C1. The Hall–Kier alpha value is -0.620. The van der Waals surface area contributed by atoms with E-state index in [1.54, 1.807) is 0 Å². The number of hydrogen-bond acceptors (Lipinski definition) is 3. The lowest BCUT2D eigenvalue weighted by atomic mass is 9.77. The van der Waals surface area contributed by atoms with Gasteiger partial charge in [-0.3, -0.25) is 0 Å². The molecule has 0 saturated heterocycles. The van der Waals surface area contributed by atoms with Crippen molar-refractivity contribution < 1.29 is 13.2 Å². The summed E-state index contributed by atoms with van der Waals surface area (Å²) in [6, 6.07) is -0.303. The first kappa shape index (κ1) is 14.8. The van der Waals surface area contributed by atoms with E-state index in [1.807, 2.05) is 0 Å². The Morgan fingerprint density at radius 2 is 2.21 bits per heavy atom. The number of thiazole rings is 1. The van der Waals surface area contributed by atoms with Crippen molar-refractivity contribution >= 4 is 11.3 Å². The van der Waals surface area contributed by atoms with E-state index < -0.39 is 11.2 Å². The van der Waals surface area contributed by atoms with Crippen LogP contribution in [0.15, 0.2) is 6.20 Å². The van der Waals surface area contributed by atoms with E-state index in [2.05, 4.69) is 11.9 Å². The van der Waals surface area contributed by atoms with E-state index in [0.29, 0.717) is 28.0 Å². The van der Waals surface area contributed by atoms with Crippen LogP contribution in [0.5, 0.6) is 0 Å². The molecule has 2 nitrogen and oxygen atoms in total. The molecule has 1 aromatic heterocycles. The van der Waals surface area contributed by atoms with Gasteiger partial charge in [-0.15, -0.1) is 11.3 Å². The second-order valence-corrected chi connectivity index (χ2v) is 6.35. The Labute approximate surface area is 115 Å². The number of halogens is 3. The molecule has 0 radical (unpaired) electrons. The maximum atomic E-state index is 12.5. The Bertz CT molecular complexity index is 416. The molecule has 108 valence electrons. The average molecular weight is 292 g/mol. The summed E-state index contributed by atoms with van der Waals surface area (Å²) in [6.45, 7) is 2.16. The van der Waals surface area contributed by atoms with Gasteiger partial charge in [0.25, 0.3) is 0 Å². The molecule has 0 spiro atoms. The zero-order valence-electron chi connectivity index (χ0n) is 10.9. The van der Waals surface area contributed by atoms with Gasteiger partial charge < -0.3 is 5.73 Å². The molecular formula is C13H19F3N2S. The van der Waals surface area contributed by atoms with Crippen molar-refractivity contribution in [3.8, 4) is 0 Å². The van der Waals surface area contributed by atoms with Crippen molar-refractivity contribution in [1.29, 1.82) is 0 Å². The first-order chi connectivity index (χ1) is 8.91. The molecule has 0 aromatic carbocycles. The summed E-state index contributed by atoms with van der Waals surface area (Å²) in [7, 11) is 0. The van der Waals surface area contributed by atoms with E-state index in [-0.39, 0.29) is 6.04 Å². The topological polar surface area (TPSA) is 38.9 Å². The first-order valence-electron chi connectivity index (χ1n) is 6.70. The van der Waals surface area contributed by atoms with E-state index in [0.717, 1.165) is 25.7 Å². The summed E-state index contributed by atoms with van der Waals surface area (Å²) in [5.41, 5.74) is 6.15. The minimum absolute atomic E-state index is 0.292. The minimum atomic E-state index is -4.36. The van der Waals surface area contributed by atoms with Crippen molar-refractivity contribution in [2.24, 2.45) is 17.6 Å². The summed E-state index contributed by atoms with van der Waals surface area (Å²) in [6.07, 6.45) is 2.44. The summed E-state index contributed by atoms with van der Waals surface area (Å²) in [4.78, 5) is 4.02. The van der Waals surface area contributed by atoms with Gasteiger partial charge in [0.15, 0.2) is 5.01 Å². The van der Waals surface area contributed by atoms with Crippen molar-refractivity contribution in [2.75, 3.05) is 0 Å². The second-order valence-electron chi connectivity index (χ2n) is 5.29. The van der Waals surface area contributed by atoms with Gasteiger partial charge in [-0.1, -0.05) is 26.2 Å². The molecule has 3 unspecified atom stereocenters. The minimum Gasteiger partial charge on any atom is -0.323 e. The number of nitrogens with zero attached hydrogens (tertiary/aromatic N) is 1. The number of aromatic nitrogens is 1. The summed E-state index contributed by atoms with van der Waals surface area (Å²) in [5.74, 6) is 0.958. The molecule has 2 N–H and O–H groups in total. The molecule has 0 bridgehead atoms. The Morgan fingerprint density at radius 3 is 2.79 bits per heavy atom. The van der Waals surface area contributed by atoms with Crippen LogP contribution < -0.4 is 5.73 Å². The highest BCUT2D eigenvalue weighted by atomic mass is 32.1. The highest BCUT2D eigenvalue weighted by Crippen LogP contribution is 2.40. The molecule has 2 rings (SSSR count). The molecule has 1 aromatic rings. The highest BCUT2D eigenvalue weighted by molar-refractivity contribution is 7.11. The van der Waals surface area contributed by atoms with E-state index in [9.17, 15) is 13.2 Å². The van der Waals surface area contributed by atoms with E-state index >= 15 is 0 Å². The second kappa shape index (κ2) is 5.79. The van der Waals surface area contributed by atoms with Crippen molar-refractivity contribution in [3.63, 3.8) is 0 Å². The van der Waals surface area contributed by atoms with Gasteiger partial charge in [0.1, 0.15) is 0 Å². The fourth-order valence-corrected chi connectivity index (χ4v) is 3.71. The highest BCUT2D eigenvalue weighted by Gasteiger charge is 2.36. The smallest absolute Gasteiger partial charge is 0.323 e. The van der Waals surface area contributed by atoms with Crippen LogP contribution in [0.2, 0.25) is 0 Å². The van der Waals surface area contributed by atoms with Crippen LogP contribution in [0.3, 0.4) is 0 Å². The van der Waals surface area contributed by atoms with Gasteiger partial charge in [-0.25, -0.2) is 4.98 Å². The number of hydrogen-bond donors (Lipinski definition) is 1. The Morgan fingerprint density at radius 1 is 1.47 bits per heavy atom. The third-order valence-corrected chi connectivity index (χ3v) is 5.15. The maximum Gasteiger partial charge on any atom is 0.443 e. The fraction of sp³-hybridized carbons (Fsp3) is 0.769. The molecule has 0 aliphatic heterocycles. The predicted molar refractivity (Wildman–Crippen MR) is 69.8 cm³/mol. The predicted octanol–water partition coefficient (Wildman–Crippen LogP) is 4.38. The molecule has 3 atom stereocenters. The third kappa shape index (κ3) is 3.48. The first-order valence-corrected chi connectivity index (χ1v) is 7.52. The lowest BCUT2D eigenvalue weighted by Crippen LogP contribution is -2.26. The molecule has 1 heterocycles. The molecule has 0 amide bonds. The monoisotopic (exact) mass is 292 g/mol. The summed E-state index contributed by atoms with van der Waals surface area (Å²) >= 11 is 0.689. The lowest BCUT2D eigenvalue weighted by molar-refractivity contribution is -0.137. The van der Waals surface area contributed by atoms with Crippen molar-refractivity contribution in [3.05, 3.63) is 16.1 Å². The number of rotatable bonds is 3. The van der Waals surface area contributed by atoms with Crippen LogP contribution in [-0.2, 0) is 6.18 Å². The van der Waals surface area contributed by atoms with Crippen LogP contribution in [0.4, 0.5) is 13.2 Å². The normalized spacial score (nSPS) is 26.4. The zero-order chi connectivity index (χ0) is 14.0. The van der Waals surface area contributed by atoms with Crippen molar-refractivity contribution in [2.45, 2.75) is 51.2 Å². The number of nitrogens with two attached hydrogens (primary N) is 1. The van der Waals surface area contributed by atoms with Gasteiger partial charge in [-0.05, 0) is 24.7 Å². The van der Waals surface area contributed by atoms with Crippen LogP contribution in [0.1, 0.15) is 55.0 Å². The lowest BCUT2D eigenvalue weighted by Gasteiger charge is -2.31. The van der Waals surface area contributed by atoms with Crippen LogP contribution in [-0.4, -0.2) is 4.98 Å². The Kier molecular flexibility index (Phi) is 4.50. The van der Waals surface area contributed by atoms with Gasteiger partial charge in [-0.2, -0.15) is 13.2 Å². The molecular weight excluding hydrogens is 273 g/mol. The molecule has 1 aliphatic carbocycles. The number of alkyl halides is 3. The molecule has 1 fully saturated rings. The fourth-order valence-electron chi connectivity index (χ4n) is 2.83. The quantitative estimate of drug-likeness (QED) is 0.898.